The van der Waals surface area contributed by atoms with E-state index in [9.17, 15) is 0 Å². The summed E-state index contributed by atoms with van der Waals surface area (Å²) in [6, 6.07) is 13.6. The molecule has 0 amide bonds. The van der Waals surface area contributed by atoms with Gasteiger partial charge in [0.25, 0.3) is 0 Å². The predicted molar refractivity (Wildman–Crippen MR) is 150 cm³/mol. The number of thiocarbonyl (C=S) groups is 1. The first-order valence-corrected chi connectivity index (χ1v) is 12.9. The minimum Gasteiger partial charge on any atom is -0.385 e. The second-order valence-electron chi connectivity index (χ2n) is 7.56. The third-order valence-corrected chi connectivity index (χ3v) is 6.43. The molecule has 0 radical (unpaired) electrons. The molecule has 2 heterocycles. The van der Waals surface area contributed by atoms with Crippen molar-refractivity contribution in [3.8, 4) is 0 Å². The molecule has 3 N–H and O–H groups in total. The summed E-state index contributed by atoms with van der Waals surface area (Å²) in [6.07, 6.45) is 7.20. The van der Waals surface area contributed by atoms with Crippen LogP contribution in [-0.4, -0.2) is 41.3 Å². The zero-order valence-electron chi connectivity index (χ0n) is 18.6. The normalized spacial score (nSPS) is 10.6. The maximum atomic E-state index is 6.21. The monoisotopic (exact) mass is 580 g/mol. The van der Waals surface area contributed by atoms with Gasteiger partial charge in [0.1, 0.15) is 5.82 Å². The van der Waals surface area contributed by atoms with Crippen LogP contribution in [0.25, 0.3) is 0 Å². The molecule has 0 fully saturated rings. The van der Waals surface area contributed by atoms with Gasteiger partial charge in [0.05, 0.1) is 10.0 Å². The fourth-order valence-electron chi connectivity index (χ4n) is 3.22. The summed E-state index contributed by atoms with van der Waals surface area (Å²) in [5.41, 5.74) is 2.14. The van der Waals surface area contributed by atoms with Crippen molar-refractivity contribution in [3.05, 3.63) is 81.1 Å². The average molecular weight is 582 g/mol. The van der Waals surface area contributed by atoms with Gasteiger partial charge in [-0.05, 0) is 83.0 Å². The molecule has 0 unspecified atom stereocenters. The van der Waals surface area contributed by atoms with Crippen LogP contribution in [0.3, 0.4) is 0 Å². The van der Waals surface area contributed by atoms with Gasteiger partial charge in [-0.2, -0.15) is 0 Å². The first-order valence-electron chi connectivity index (χ1n) is 11.0. The number of nitrogens with one attached hydrogen (secondary N) is 3. The molecule has 10 heteroatoms. The Labute approximate surface area is 224 Å². The zero-order chi connectivity index (χ0) is 24.2. The van der Waals surface area contributed by atoms with Crippen molar-refractivity contribution in [1.82, 2.24) is 20.6 Å². The molecule has 3 aromatic rings. The van der Waals surface area contributed by atoms with Crippen molar-refractivity contribution >= 4 is 68.0 Å². The lowest BCUT2D eigenvalue weighted by molar-refractivity contribution is 0.693. The van der Waals surface area contributed by atoms with Gasteiger partial charge >= 0.3 is 0 Å². The third kappa shape index (κ3) is 9.25. The van der Waals surface area contributed by atoms with Crippen molar-refractivity contribution < 1.29 is 0 Å². The number of benzene rings is 1. The van der Waals surface area contributed by atoms with E-state index in [0.717, 1.165) is 60.6 Å². The molecular weight excluding hydrogens is 555 g/mol. The quantitative estimate of drug-likeness (QED) is 0.181. The van der Waals surface area contributed by atoms with E-state index in [0.29, 0.717) is 21.7 Å². The highest BCUT2D eigenvalue weighted by atomic mass is 79.9. The fourth-order valence-corrected chi connectivity index (χ4v) is 3.97. The Morgan fingerprint density at radius 2 is 1.71 bits per heavy atom. The fraction of sp³-hybridized carbons (Fsp3) is 0.292. The van der Waals surface area contributed by atoms with Gasteiger partial charge in [-0.25, -0.2) is 4.98 Å². The lowest BCUT2D eigenvalue weighted by Gasteiger charge is -2.24. The number of hydrogen-bond acceptors (Lipinski definition) is 5. The molecule has 0 saturated heterocycles. The van der Waals surface area contributed by atoms with E-state index in [4.69, 9.17) is 35.4 Å². The van der Waals surface area contributed by atoms with Crippen molar-refractivity contribution in [2.75, 3.05) is 36.4 Å². The lowest BCUT2D eigenvalue weighted by Crippen LogP contribution is -2.38. The highest BCUT2D eigenvalue weighted by Crippen LogP contribution is 2.24. The molecule has 0 aliphatic carbocycles. The molecule has 34 heavy (non-hydrogen) atoms. The molecule has 3 rings (SSSR count). The van der Waals surface area contributed by atoms with E-state index in [1.165, 1.54) is 0 Å². The van der Waals surface area contributed by atoms with Crippen LogP contribution < -0.4 is 20.9 Å². The van der Waals surface area contributed by atoms with E-state index in [1.54, 1.807) is 18.6 Å². The molecule has 0 atom stereocenters. The lowest BCUT2D eigenvalue weighted by atomic mass is 10.2. The Hall–Kier alpha value is -2.13. The molecule has 0 aliphatic rings. The number of rotatable bonds is 12. The average Bonchev–Trinajstić information content (AvgIpc) is 2.84. The van der Waals surface area contributed by atoms with Gasteiger partial charge in [0, 0.05) is 61.5 Å². The summed E-state index contributed by atoms with van der Waals surface area (Å²) in [4.78, 5) is 10.8. The van der Waals surface area contributed by atoms with Crippen LogP contribution in [0.4, 0.5) is 11.5 Å². The second kappa shape index (κ2) is 14.3. The largest absolute Gasteiger partial charge is 0.385 e. The van der Waals surface area contributed by atoms with Gasteiger partial charge in [0.15, 0.2) is 5.11 Å². The van der Waals surface area contributed by atoms with E-state index < -0.39 is 0 Å². The summed E-state index contributed by atoms with van der Waals surface area (Å²) < 4.78 is 0.944. The number of pyridine rings is 2. The van der Waals surface area contributed by atoms with Crippen molar-refractivity contribution in [3.63, 3.8) is 0 Å². The maximum absolute atomic E-state index is 6.21. The number of hydrogen-bond donors (Lipinski definition) is 3. The number of nitrogens with zero attached hydrogens (tertiary/aromatic N) is 3. The van der Waals surface area contributed by atoms with Gasteiger partial charge in [-0.15, -0.1) is 0 Å². The number of aromatic nitrogens is 2. The van der Waals surface area contributed by atoms with Crippen LogP contribution in [0.2, 0.25) is 10.0 Å². The molecule has 1 aromatic carbocycles. The van der Waals surface area contributed by atoms with Crippen LogP contribution >= 0.6 is 51.3 Å². The Bertz CT molecular complexity index is 1040. The van der Waals surface area contributed by atoms with Crippen LogP contribution in [0.5, 0.6) is 0 Å². The minimum absolute atomic E-state index is 0.553. The summed E-state index contributed by atoms with van der Waals surface area (Å²) in [6.45, 7) is 3.91. The third-order valence-electron chi connectivity index (χ3n) is 4.93. The van der Waals surface area contributed by atoms with E-state index >= 15 is 0 Å². The van der Waals surface area contributed by atoms with Crippen molar-refractivity contribution in [1.29, 1.82) is 0 Å². The molecule has 0 bridgehead atoms. The smallest absolute Gasteiger partial charge is 0.166 e. The molecular formula is C24H27BrCl2N6S. The SMILES string of the molecule is S=C(NCCCNc1ccncc1)NCCCN(Cc1ccc(Cl)c(Cl)c1)c1ccc(Br)cn1. The van der Waals surface area contributed by atoms with Crippen molar-refractivity contribution in [2.45, 2.75) is 19.4 Å². The van der Waals surface area contributed by atoms with Crippen LogP contribution in [0.1, 0.15) is 18.4 Å². The Balaban J connectivity index is 1.40. The van der Waals surface area contributed by atoms with E-state index in [1.807, 2.05) is 42.5 Å². The molecule has 0 spiro atoms. The van der Waals surface area contributed by atoms with Crippen LogP contribution in [0.15, 0.2) is 65.5 Å². The van der Waals surface area contributed by atoms with Gasteiger partial charge < -0.3 is 20.9 Å². The van der Waals surface area contributed by atoms with Gasteiger partial charge in [0.2, 0.25) is 0 Å². The van der Waals surface area contributed by atoms with E-state index in [2.05, 4.69) is 46.7 Å². The highest BCUT2D eigenvalue weighted by molar-refractivity contribution is 9.10. The maximum Gasteiger partial charge on any atom is 0.166 e. The standard InChI is InChI=1S/C24H27BrCl2N6S/c25-19-4-6-23(32-16-19)33(17-18-3-5-21(26)22(27)15-18)14-2-11-31-24(34)30-10-1-9-29-20-7-12-28-13-8-20/h3-8,12-13,15-16H,1-2,9-11,14,17H2,(H,28,29)(H2,30,31,34). The topological polar surface area (TPSA) is 65.1 Å². The Kier molecular flexibility index (Phi) is 11.1. The van der Waals surface area contributed by atoms with Crippen molar-refractivity contribution in [2.24, 2.45) is 0 Å². The first kappa shape index (κ1) is 26.5. The number of halogens is 3. The molecule has 6 nitrogen and oxygen atoms in total. The summed E-state index contributed by atoms with van der Waals surface area (Å²) in [7, 11) is 0. The highest BCUT2D eigenvalue weighted by Gasteiger charge is 2.10. The molecule has 180 valence electrons. The number of anilines is 2. The van der Waals surface area contributed by atoms with Crippen LogP contribution in [-0.2, 0) is 6.54 Å². The minimum atomic E-state index is 0.553. The summed E-state index contributed by atoms with van der Waals surface area (Å²) in [5.74, 6) is 0.900. The summed E-state index contributed by atoms with van der Waals surface area (Å²) >= 11 is 21.1. The Morgan fingerprint density at radius 1 is 0.941 bits per heavy atom. The first-order chi connectivity index (χ1) is 16.5. The van der Waals surface area contributed by atoms with Crippen LogP contribution in [0, 0.1) is 0 Å². The predicted octanol–water partition coefficient (Wildman–Crippen LogP) is 5.91. The zero-order valence-corrected chi connectivity index (χ0v) is 22.5. The summed E-state index contributed by atoms with van der Waals surface area (Å²) in [5, 5.41) is 11.7. The van der Waals surface area contributed by atoms with E-state index in [-0.39, 0.29) is 0 Å². The van der Waals surface area contributed by atoms with Gasteiger partial charge in [-0.3, -0.25) is 4.98 Å². The van der Waals surface area contributed by atoms with Gasteiger partial charge in [-0.1, -0.05) is 29.3 Å². The molecule has 0 saturated carbocycles. The second-order valence-corrected chi connectivity index (χ2v) is 9.70. The Morgan fingerprint density at radius 3 is 2.41 bits per heavy atom. The molecule has 0 aliphatic heterocycles. The molecule has 2 aromatic heterocycles.